The third-order valence-electron chi connectivity index (χ3n) is 5.21. The van der Waals surface area contributed by atoms with Gasteiger partial charge in [-0.15, -0.1) is 0 Å². The van der Waals surface area contributed by atoms with Gasteiger partial charge in [-0.05, 0) is 43.5 Å². The molecule has 2 aliphatic heterocycles. The fourth-order valence-electron chi connectivity index (χ4n) is 4.10. The van der Waals surface area contributed by atoms with E-state index in [0.29, 0.717) is 36.2 Å². The number of aromatic nitrogens is 1. The molecule has 26 heavy (non-hydrogen) atoms. The van der Waals surface area contributed by atoms with Gasteiger partial charge in [-0.25, -0.2) is 0 Å². The Hall–Kier alpha value is -2.57. The van der Waals surface area contributed by atoms with Crippen LogP contribution in [0.5, 0.6) is 0 Å². The first kappa shape index (κ1) is 16.9. The molecule has 136 valence electrons. The smallest absolute Gasteiger partial charge is 0.326 e. The van der Waals surface area contributed by atoms with Gasteiger partial charge in [0.1, 0.15) is 5.69 Å². The molecule has 2 aromatic rings. The van der Waals surface area contributed by atoms with Crippen molar-refractivity contribution in [1.82, 2.24) is 9.47 Å². The Bertz CT molecular complexity index is 949. The lowest BCUT2D eigenvalue weighted by Crippen LogP contribution is -2.48. The number of fused-ring (bicyclic) bond motifs is 2. The summed E-state index contributed by atoms with van der Waals surface area (Å²) in [4.78, 5) is 26.6. The zero-order valence-electron chi connectivity index (χ0n) is 14.1. The van der Waals surface area contributed by atoms with Crippen LogP contribution in [0, 0.1) is 6.92 Å². The van der Waals surface area contributed by atoms with Crippen molar-refractivity contribution in [3.05, 3.63) is 69.1 Å². The Morgan fingerprint density at radius 2 is 1.85 bits per heavy atom. The quantitative estimate of drug-likeness (QED) is 0.779. The molecule has 3 heterocycles. The van der Waals surface area contributed by atoms with Crippen LogP contribution in [0.2, 0.25) is 0 Å². The first-order valence-corrected chi connectivity index (χ1v) is 8.47. The van der Waals surface area contributed by atoms with Crippen LogP contribution in [0.3, 0.4) is 0 Å². The Labute approximate surface area is 147 Å². The van der Waals surface area contributed by atoms with Gasteiger partial charge in [0, 0.05) is 12.6 Å². The average Bonchev–Trinajstić information content (AvgIpc) is 2.99. The summed E-state index contributed by atoms with van der Waals surface area (Å²) in [6.45, 7) is 2.01. The number of pyridine rings is 1. The van der Waals surface area contributed by atoms with E-state index in [9.17, 15) is 22.8 Å². The van der Waals surface area contributed by atoms with Crippen molar-refractivity contribution < 1.29 is 18.0 Å². The molecule has 1 fully saturated rings. The minimum absolute atomic E-state index is 0.171. The summed E-state index contributed by atoms with van der Waals surface area (Å²) in [5.41, 5.74) is 0.384. The van der Waals surface area contributed by atoms with E-state index in [2.05, 4.69) is 0 Å². The van der Waals surface area contributed by atoms with Crippen molar-refractivity contribution in [2.24, 2.45) is 0 Å². The Balaban J connectivity index is 1.76. The van der Waals surface area contributed by atoms with Gasteiger partial charge in [-0.2, -0.15) is 13.2 Å². The Morgan fingerprint density at radius 3 is 2.58 bits per heavy atom. The molecule has 4 nitrogen and oxygen atoms in total. The number of aryl methyl sites for hydroxylation is 1. The van der Waals surface area contributed by atoms with Gasteiger partial charge in [-0.1, -0.05) is 17.7 Å². The van der Waals surface area contributed by atoms with Crippen LogP contribution in [-0.2, 0) is 12.7 Å². The number of halogens is 3. The van der Waals surface area contributed by atoms with Gasteiger partial charge in [0.15, 0.2) is 0 Å². The highest BCUT2D eigenvalue weighted by molar-refractivity contribution is 5.94. The summed E-state index contributed by atoms with van der Waals surface area (Å²) >= 11 is 0. The number of hydrogen-bond donors (Lipinski definition) is 0. The van der Waals surface area contributed by atoms with Crippen molar-refractivity contribution in [1.29, 1.82) is 0 Å². The maximum atomic E-state index is 13.2. The number of alkyl halides is 3. The van der Waals surface area contributed by atoms with Gasteiger partial charge in [0.05, 0.1) is 17.6 Å². The number of nitrogens with zero attached hydrogens (tertiary/aromatic N) is 2. The second-order valence-electron chi connectivity index (χ2n) is 6.95. The third kappa shape index (κ3) is 2.62. The van der Waals surface area contributed by atoms with Gasteiger partial charge in [0.2, 0.25) is 0 Å². The zero-order valence-corrected chi connectivity index (χ0v) is 14.1. The summed E-state index contributed by atoms with van der Waals surface area (Å²) in [5, 5.41) is 0. The summed E-state index contributed by atoms with van der Waals surface area (Å²) in [6, 6.07) is 7.92. The van der Waals surface area contributed by atoms with Gasteiger partial charge in [0.25, 0.3) is 11.5 Å². The molecule has 2 atom stereocenters. The molecule has 1 aromatic carbocycles. The molecule has 7 heteroatoms. The average molecular weight is 362 g/mol. The predicted octanol–water partition coefficient (Wildman–Crippen LogP) is 3.54. The summed E-state index contributed by atoms with van der Waals surface area (Å²) < 4.78 is 41.0. The fraction of sp³-hybridized carbons (Fsp3) is 0.368. The van der Waals surface area contributed by atoms with E-state index in [1.54, 1.807) is 24.0 Å². The maximum Gasteiger partial charge on any atom is 0.416 e. The molecule has 0 N–H and O–H groups in total. The summed E-state index contributed by atoms with van der Waals surface area (Å²) in [7, 11) is 0. The first-order valence-electron chi connectivity index (χ1n) is 8.47. The summed E-state index contributed by atoms with van der Waals surface area (Å²) in [5.74, 6) is -0.295. The van der Waals surface area contributed by atoms with E-state index in [-0.39, 0.29) is 17.5 Å². The normalized spacial score (nSPS) is 22.3. The van der Waals surface area contributed by atoms with Gasteiger partial charge >= 0.3 is 6.18 Å². The maximum absolute atomic E-state index is 13.2. The van der Waals surface area contributed by atoms with Crippen LogP contribution in [0.4, 0.5) is 13.2 Å². The number of benzene rings is 1. The van der Waals surface area contributed by atoms with Gasteiger partial charge < -0.3 is 9.47 Å². The lowest BCUT2D eigenvalue weighted by atomic mass is 9.98. The largest absolute Gasteiger partial charge is 0.416 e. The molecule has 1 saturated heterocycles. The summed E-state index contributed by atoms with van der Waals surface area (Å²) in [6.07, 6.45) is -3.18. The highest BCUT2D eigenvalue weighted by Gasteiger charge is 2.43. The molecule has 0 bridgehead atoms. The molecule has 1 amide bonds. The number of rotatable bonds is 1. The number of carbonyl (C=O) groups is 1. The minimum Gasteiger partial charge on any atom is -0.326 e. The molecule has 0 radical (unpaired) electrons. The van der Waals surface area contributed by atoms with Crippen molar-refractivity contribution >= 4 is 5.91 Å². The molecule has 0 spiro atoms. The lowest BCUT2D eigenvalue weighted by molar-refractivity contribution is -0.137. The zero-order chi connectivity index (χ0) is 18.6. The van der Waals surface area contributed by atoms with E-state index in [1.165, 1.54) is 16.7 Å². The molecule has 0 aliphatic carbocycles. The van der Waals surface area contributed by atoms with Crippen molar-refractivity contribution in [2.45, 2.75) is 44.6 Å². The van der Waals surface area contributed by atoms with Gasteiger partial charge in [-0.3, -0.25) is 9.59 Å². The second kappa shape index (κ2) is 5.72. The molecular weight excluding hydrogens is 345 g/mol. The molecule has 2 aliphatic rings. The van der Waals surface area contributed by atoms with Crippen molar-refractivity contribution in [3.8, 4) is 0 Å². The van der Waals surface area contributed by atoms with Crippen LogP contribution in [0.15, 0.2) is 41.2 Å². The Kier molecular flexibility index (Phi) is 3.71. The molecule has 1 aromatic heterocycles. The first-order chi connectivity index (χ1) is 12.3. The van der Waals surface area contributed by atoms with E-state index >= 15 is 0 Å². The highest BCUT2D eigenvalue weighted by atomic mass is 19.4. The lowest BCUT2D eigenvalue weighted by Gasteiger charge is -2.36. The molecular formula is C19H17F3N2O2. The number of carbonyl (C=O) groups excluding carboxylic acids is 1. The second-order valence-corrected chi connectivity index (χ2v) is 6.95. The fourth-order valence-corrected chi connectivity index (χ4v) is 4.10. The van der Waals surface area contributed by atoms with Crippen molar-refractivity contribution in [3.63, 3.8) is 0 Å². The predicted molar refractivity (Wildman–Crippen MR) is 88.8 cm³/mol. The third-order valence-corrected chi connectivity index (χ3v) is 5.21. The van der Waals surface area contributed by atoms with E-state index in [1.807, 2.05) is 0 Å². The molecule has 4 rings (SSSR count). The Morgan fingerprint density at radius 1 is 1.08 bits per heavy atom. The standard InChI is InChI=1S/C19H17F3N2O2/c1-11-7-12(9-13(8-11)19(20,21)22)15-6-5-14-10-23-16(18(26)24(14)15)3-2-4-17(23)25/h2-4,7-9,14-15H,5-6,10H2,1H3. The number of amides is 1. The van der Waals surface area contributed by atoms with E-state index in [4.69, 9.17) is 0 Å². The highest BCUT2D eigenvalue weighted by Crippen LogP contribution is 2.41. The minimum atomic E-state index is -4.43. The van der Waals surface area contributed by atoms with Crippen LogP contribution in [0.25, 0.3) is 0 Å². The SMILES string of the molecule is Cc1cc(C2CCC3Cn4c(cccc4=O)C(=O)N32)cc(C(F)(F)F)c1. The van der Waals surface area contributed by atoms with E-state index in [0.717, 1.165) is 12.1 Å². The van der Waals surface area contributed by atoms with Crippen LogP contribution in [0.1, 0.15) is 46.1 Å². The molecule has 2 unspecified atom stereocenters. The van der Waals surface area contributed by atoms with E-state index < -0.39 is 17.8 Å². The van der Waals surface area contributed by atoms with Crippen LogP contribution < -0.4 is 5.56 Å². The molecule has 0 saturated carbocycles. The van der Waals surface area contributed by atoms with Crippen molar-refractivity contribution in [2.75, 3.05) is 0 Å². The number of hydrogen-bond acceptors (Lipinski definition) is 2. The topological polar surface area (TPSA) is 42.3 Å². The van der Waals surface area contributed by atoms with Crippen LogP contribution >= 0.6 is 0 Å². The van der Waals surface area contributed by atoms with Crippen LogP contribution in [-0.4, -0.2) is 21.4 Å². The monoisotopic (exact) mass is 362 g/mol.